The van der Waals surface area contributed by atoms with Crippen molar-refractivity contribution < 1.29 is 4.79 Å². The molecule has 0 unspecified atom stereocenters. The Hall–Kier alpha value is -1.65. The molecule has 2 rings (SSSR count). The molecule has 0 atom stereocenters. The zero-order valence-electron chi connectivity index (χ0n) is 10.1. The van der Waals surface area contributed by atoms with Crippen LogP contribution in [0.1, 0.15) is 5.56 Å². The van der Waals surface area contributed by atoms with Crippen LogP contribution in [0.2, 0.25) is 5.02 Å². The van der Waals surface area contributed by atoms with Crippen LogP contribution in [0.3, 0.4) is 0 Å². The Kier molecular flexibility index (Phi) is 4.71. The minimum atomic E-state index is -0.267. The van der Waals surface area contributed by atoms with Gasteiger partial charge in [-0.15, -0.1) is 12.6 Å². The number of para-hydroxylation sites is 1. The number of anilines is 1. The molecule has 98 valence electrons. The van der Waals surface area contributed by atoms with Crippen molar-refractivity contribution in [3.63, 3.8) is 0 Å². The fraction of sp³-hybridized carbons (Fsp3) is 0.0714. The van der Waals surface area contributed by atoms with Gasteiger partial charge in [-0.05, 0) is 29.8 Å². The average molecular weight is 293 g/mol. The molecule has 0 spiro atoms. The lowest BCUT2D eigenvalue weighted by molar-refractivity contribution is 0.251. The normalized spacial score (nSPS) is 10.0. The van der Waals surface area contributed by atoms with E-state index in [1.165, 1.54) is 0 Å². The summed E-state index contributed by atoms with van der Waals surface area (Å²) in [7, 11) is 0. The molecule has 0 saturated heterocycles. The van der Waals surface area contributed by atoms with Gasteiger partial charge in [0.05, 0.1) is 5.69 Å². The van der Waals surface area contributed by atoms with Crippen molar-refractivity contribution in [3.8, 4) is 0 Å². The Morgan fingerprint density at radius 2 is 1.79 bits per heavy atom. The summed E-state index contributed by atoms with van der Waals surface area (Å²) in [4.78, 5) is 12.4. The highest BCUT2D eigenvalue weighted by Gasteiger charge is 2.03. The number of hydrogen-bond donors (Lipinski definition) is 3. The van der Waals surface area contributed by atoms with E-state index < -0.39 is 0 Å². The van der Waals surface area contributed by atoms with Crippen molar-refractivity contribution in [2.24, 2.45) is 0 Å². The molecular formula is C14H13ClN2OS. The zero-order chi connectivity index (χ0) is 13.7. The number of halogens is 1. The molecule has 2 N–H and O–H groups in total. The maximum Gasteiger partial charge on any atom is 0.319 e. The van der Waals surface area contributed by atoms with E-state index in [0.29, 0.717) is 17.3 Å². The summed E-state index contributed by atoms with van der Waals surface area (Å²) >= 11 is 10.1. The smallest absolute Gasteiger partial charge is 0.319 e. The van der Waals surface area contributed by atoms with Crippen molar-refractivity contribution in [1.29, 1.82) is 0 Å². The van der Waals surface area contributed by atoms with Gasteiger partial charge in [-0.1, -0.05) is 35.9 Å². The average Bonchev–Trinajstić information content (AvgIpc) is 2.41. The maximum atomic E-state index is 11.7. The number of nitrogens with one attached hydrogen (secondary N) is 2. The molecule has 5 heteroatoms. The van der Waals surface area contributed by atoms with Gasteiger partial charge in [-0.25, -0.2) is 4.79 Å². The molecule has 0 heterocycles. The first-order chi connectivity index (χ1) is 9.15. The van der Waals surface area contributed by atoms with Gasteiger partial charge >= 0.3 is 6.03 Å². The van der Waals surface area contributed by atoms with Gasteiger partial charge in [0.25, 0.3) is 0 Å². The standard InChI is InChI=1S/C14H13ClN2OS/c15-11-7-5-10(6-8-11)9-16-14(18)17-12-3-1-2-4-13(12)19/h1-8,19H,9H2,(H2,16,17,18). The summed E-state index contributed by atoms with van der Waals surface area (Å²) in [5.74, 6) is 0. The first-order valence-electron chi connectivity index (χ1n) is 5.72. The number of hydrogen-bond acceptors (Lipinski definition) is 2. The summed E-state index contributed by atoms with van der Waals surface area (Å²) in [6.07, 6.45) is 0. The number of benzene rings is 2. The molecule has 0 saturated carbocycles. The number of amides is 2. The van der Waals surface area contributed by atoms with Crippen LogP contribution < -0.4 is 10.6 Å². The van der Waals surface area contributed by atoms with Gasteiger partial charge in [0.15, 0.2) is 0 Å². The summed E-state index contributed by atoms with van der Waals surface area (Å²) in [5.41, 5.74) is 1.66. The number of rotatable bonds is 3. The Morgan fingerprint density at radius 3 is 2.47 bits per heavy atom. The molecule has 3 nitrogen and oxygen atoms in total. The van der Waals surface area contributed by atoms with E-state index in [1.54, 1.807) is 18.2 Å². The van der Waals surface area contributed by atoms with E-state index in [9.17, 15) is 4.79 Å². The second-order valence-corrected chi connectivity index (χ2v) is 4.87. The molecular weight excluding hydrogens is 280 g/mol. The summed E-state index contributed by atoms with van der Waals surface area (Å²) < 4.78 is 0. The van der Waals surface area contributed by atoms with Gasteiger partial charge in [0.1, 0.15) is 0 Å². The van der Waals surface area contributed by atoms with Gasteiger partial charge < -0.3 is 10.6 Å². The highest BCUT2D eigenvalue weighted by atomic mass is 35.5. The van der Waals surface area contributed by atoms with Crippen LogP contribution in [-0.2, 0) is 6.54 Å². The lowest BCUT2D eigenvalue weighted by Crippen LogP contribution is -2.28. The molecule has 0 aliphatic rings. The molecule has 0 aliphatic carbocycles. The highest BCUT2D eigenvalue weighted by Crippen LogP contribution is 2.18. The maximum absolute atomic E-state index is 11.7. The predicted molar refractivity (Wildman–Crippen MR) is 81.0 cm³/mol. The predicted octanol–water partition coefficient (Wildman–Crippen LogP) is 3.95. The lowest BCUT2D eigenvalue weighted by Gasteiger charge is -2.09. The van der Waals surface area contributed by atoms with E-state index in [1.807, 2.05) is 30.3 Å². The fourth-order valence-electron chi connectivity index (χ4n) is 1.53. The van der Waals surface area contributed by atoms with Crippen molar-refractivity contribution in [2.45, 2.75) is 11.4 Å². The second kappa shape index (κ2) is 6.50. The Morgan fingerprint density at radius 1 is 1.11 bits per heavy atom. The number of thiol groups is 1. The summed E-state index contributed by atoms with van der Waals surface area (Å²) in [6.45, 7) is 0.442. The monoisotopic (exact) mass is 292 g/mol. The van der Waals surface area contributed by atoms with E-state index in [2.05, 4.69) is 23.3 Å². The zero-order valence-corrected chi connectivity index (χ0v) is 11.7. The molecule has 2 amide bonds. The van der Waals surface area contributed by atoms with Gasteiger partial charge in [0, 0.05) is 16.5 Å². The third-order valence-corrected chi connectivity index (χ3v) is 3.16. The largest absolute Gasteiger partial charge is 0.334 e. The van der Waals surface area contributed by atoms with E-state index in [0.717, 1.165) is 10.5 Å². The third kappa shape index (κ3) is 4.19. The molecule has 19 heavy (non-hydrogen) atoms. The number of carbonyl (C=O) groups is 1. The summed E-state index contributed by atoms with van der Waals surface area (Å²) in [6, 6.07) is 14.4. The molecule has 0 aromatic heterocycles. The molecule has 0 bridgehead atoms. The number of carbonyl (C=O) groups excluding carboxylic acids is 1. The molecule has 0 radical (unpaired) electrons. The van der Waals surface area contributed by atoms with Crippen molar-refractivity contribution >= 4 is 35.9 Å². The third-order valence-electron chi connectivity index (χ3n) is 2.52. The van der Waals surface area contributed by atoms with Crippen LogP contribution in [0.25, 0.3) is 0 Å². The summed E-state index contributed by atoms with van der Waals surface area (Å²) in [5, 5.41) is 6.18. The van der Waals surface area contributed by atoms with Crippen LogP contribution >= 0.6 is 24.2 Å². The van der Waals surface area contributed by atoms with Crippen LogP contribution in [0, 0.1) is 0 Å². The van der Waals surface area contributed by atoms with Crippen molar-refractivity contribution in [2.75, 3.05) is 5.32 Å². The lowest BCUT2D eigenvalue weighted by atomic mass is 10.2. The minimum absolute atomic E-state index is 0.267. The SMILES string of the molecule is O=C(NCc1ccc(Cl)cc1)Nc1ccccc1S. The Labute approximate surface area is 122 Å². The highest BCUT2D eigenvalue weighted by molar-refractivity contribution is 7.80. The second-order valence-electron chi connectivity index (χ2n) is 3.95. The topological polar surface area (TPSA) is 41.1 Å². The van der Waals surface area contributed by atoms with Crippen LogP contribution in [0.15, 0.2) is 53.4 Å². The molecule has 0 aliphatic heterocycles. The van der Waals surface area contributed by atoms with Crippen LogP contribution in [-0.4, -0.2) is 6.03 Å². The Bertz CT molecular complexity index is 572. The van der Waals surface area contributed by atoms with Crippen molar-refractivity contribution in [3.05, 3.63) is 59.1 Å². The van der Waals surface area contributed by atoms with Gasteiger partial charge in [-0.2, -0.15) is 0 Å². The van der Waals surface area contributed by atoms with E-state index in [4.69, 9.17) is 11.6 Å². The van der Waals surface area contributed by atoms with Crippen molar-refractivity contribution in [1.82, 2.24) is 5.32 Å². The fourth-order valence-corrected chi connectivity index (χ4v) is 1.87. The quantitative estimate of drug-likeness (QED) is 0.737. The van der Waals surface area contributed by atoms with E-state index >= 15 is 0 Å². The molecule has 0 fully saturated rings. The first-order valence-corrected chi connectivity index (χ1v) is 6.55. The van der Waals surface area contributed by atoms with E-state index in [-0.39, 0.29) is 6.03 Å². The van der Waals surface area contributed by atoms with Crippen LogP contribution in [0.4, 0.5) is 10.5 Å². The first kappa shape index (κ1) is 13.8. The van der Waals surface area contributed by atoms with Crippen LogP contribution in [0.5, 0.6) is 0 Å². The van der Waals surface area contributed by atoms with Gasteiger partial charge in [-0.3, -0.25) is 0 Å². The molecule has 2 aromatic carbocycles. The number of urea groups is 1. The van der Waals surface area contributed by atoms with Gasteiger partial charge in [0.2, 0.25) is 0 Å². The minimum Gasteiger partial charge on any atom is -0.334 e. The Balaban J connectivity index is 1.88. The molecule has 2 aromatic rings.